The first-order valence-corrected chi connectivity index (χ1v) is 5.80. The van der Waals surface area contributed by atoms with Gasteiger partial charge in [0.2, 0.25) is 0 Å². The molecule has 0 aliphatic heterocycles. The van der Waals surface area contributed by atoms with Gasteiger partial charge in [-0.1, -0.05) is 0 Å². The highest BCUT2D eigenvalue weighted by Gasteiger charge is 2.13. The Bertz CT molecular complexity index is 407. The molecule has 0 aromatic heterocycles. The monoisotopic (exact) mass is 257 g/mol. The fourth-order valence-corrected chi connectivity index (χ4v) is 1.79. The molecule has 0 fully saturated rings. The Balaban J connectivity index is 2.66. The summed E-state index contributed by atoms with van der Waals surface area (Å²) in [5.41, 5.74) is 0.300. The third kappa shape index (κ3) is 4.15. The van der Waals surface area contributed by atoms with Crippen molar-refractivity contribution in [3.05, 3.63) is 23.8 Å². The molecule has 4 nitrogen and oxygen atoms in total. The van der Waals surface area contributed by atoms with Crippen LogP contribution in [0, 0.1) is 0 Å². The van der Waals surface area contributed by atoms with Crippen molar-refractivity contribution in [2.75, 3.05) is 0 Å². The molecule has 2 atom stereocenters. The molecule has 5 heteroatoms. The molecule has 1 amide bonds. The van der Waals surface area contributed by atoms with Crippen molar-refractivity contribution < 1.29 is 15.0 Å². The van der Waals surface area contributed by atoms with Crippen LogP contribution in [-0.4, -0.2) is 27.5 Å². The summed E-state index contributed by atoms with van der Waals surface area (Å²) in [4.78, 5) is 11.8. The summed E-state index contributed by atoms with van der Waals surface area (Å²) in [5.74, 6) is -0.856. The number of nitrogens with one attached hydrogen (secondary N) is 1. The van der Waals surface area contributed by atoms with Gasteiger partial charge in [0.05, 0.1) is 0 Å². The maximum absolute atomic E-state index is 11.8. The zero-order chi connectivity index (χ0) is 13.0. The van der Waals surface area contributed by atoms with Crippen LogP contribution in [-0.2, 0) is 0 Å². The zero-order valence-electron chi connectivity index (χ0n) is 9.77. The molecule has 0 spiro atoms. The SMILES string of the molecule is CC(Cl)CC(C)NC(=O)c1ccc(O)c(O)c1. The van der Waals surface area contributed by atoms with Crippen molar-refractivity contribution in [3.63, 3.8) is 0 Å². The lowest BCUT2D eigenvalue weighted by molar-refractivity contribution is 0.0938. The molecular weight excluding hydrogens is 242 g/mol. The molecule has 94 valence electrons. The molecular formula is C12H16ClNO3. The number of phenols is 2. The van der Waals surface area contributed by atoms with E-state index < -0.39 is 0 Å². The number of carbonyl (C=O) groups is 1. The molecule has 0 aliphatic carbocycles. The Labute approximate surface area is 105 Å². The Morgan fingerprint density at radius 3 is 2.53 bits per heavy atom. The van der Waals surface area contributed by atoms with E-state index >= 15 is 0 Å². The summed E-state index contributed by atoms with van der Waals surface area (Å²) >= 11 is 5.82. The van der Waals surface area contributed by atoms with Gasteiger partial charge in [-0.05, 0) is 38.5 Å². The third-order valence-corrected chi connectivity index (χ3v) is 2.47. The number of hydrogen-bond donors (Lipinski definition) is 3. The largest absolute Gasteiger partial charge is 0.504 e. The quantitative estimate of drug-likeness (QED) is 0.572. The van der Waals surface area contributed by atoms with E-state index in [2.05, 4.69) is 5.32 Å². The van der Waals surface area contributed by atoms with Gasteiger partial charge in [-0.25, -0.2) is 0 Å². The van der Waals surface area contributed by atoms with Crippen LogP contribution in [0.2, 0.25) is 0 Å². The van der Waals surface area contributed by atoms with Crippen LogP contribution in [0.3, 0.4) is 0 Å². The fraction of sp³-hybridized carbons (Fsp3) is 0.417. The predicted octanol–water partition coefficient (Wildman–Crippen LogP) is 2.23. The third-order valence-electron chi connectivity index (χ3n) is 2.29. The van der Waals surface area contributed by atoms with Crippen molar-refractivity contribution in [1.29, 1.82) is 0 Å². The minimum absolute atomic E-state index is 0.0153. The topological polar surface area (TPSA) is 69.6 Å². The van der Waals surface area contributed by atoms with Crippen LogP contribution in [0.4, 0.5) is 0 Å². The van der Waals surface area contributed by atoms with Gasteiger partial charge >= 0.3 is 0 Å². The van der Waals surface area contributed by atoms with Gasteiger partial charge in [0.15, 0.2) is 11.5 Å². The fourth-order valence-electron chi connectivity index (χ4n) is 1.52. The van der Waals surface area contributed by atoms with Crippen molar-refractivity contribution in [1.82, 2.24) is 5.32 Å². The summed E-state index contributed by atoms with van der Waals surface area (Å²) in [7, 11) is 0. The lowest BCUT2D eigenvalue weighted by Crippen LogP contribution is -2.33. The number of phenolic OH excluding ortho intramolecular Hbond substituents is 2. The highest BCUT2D eigenvalue weighted by molar-refractivity contribution is 6.20. The van der Waals surface area contributed by atoms with Gasteiger partial charge in [-0.3, -0.25) is 4.79 Å². The molecule has 0 bridgehead atoms. The summed E-state index contributed by atoms with van der Waals surface area (Å²) in [5, 5.41) is 21.1. The van der Waals surface area contributed by atoms with Gasteiger partial charge < -0.3 is 15.5 Å². The van der Waals surface area contributed by atoms with Gasteiger partial charge in [-0.15, -0.1) is 11.6 Å². The average Bonchev–Trinajstić information content (AvgIpc) is 2.20. The highest BCUT2D eigenvalue weighted by Crippen LogP contribution is 2.24. The second-order valence-electron chi connectivity index (χ2n) is 4.09. The van der Waals surface area contributed by atoms with Crippen molar-refractivity contribution >= 4 is 17.5 Å². The van der Waals surface area contributed by atoms with E-state index in [0.717, 1.165) is 0 Å². The van der Waals surface area contributed by atoms with Crippen LogP contribution in [0.5, 0.6) is 11.5 Å². The van der Waals surface area contributed by atoms with E-state index in [0.29, 0.717) is 12.0 Å². The van der Waals surface area contributed by atoms with Gasteiger partial charge in [-0.2, -0.15) is 0 Å². The Morgan fingerprint density at radius 2 is 2.00 bits per heavy atom. The van der Waals surface area contributed by atoms with Gasteiger partial charge in [0.1, 0.15) is 0 Å². The predicted molar refractivity (Wildman–Crippen MR) is 66.6 cm³/mol. The molecule has 1 aromatic carbocycles. The van der Waals surface area contributed by atoms with E-state index in [-0.39, 0.29) is 28.8 Å². The summed E-state index contributed by atoms with van der Waals surface area (Å²) in [6.07, 6.45) is 0.664. The minimum Gasteiger partial charge on any atom is -0.504 e. The zero-order valence-corrected chi connectivity index (χ0v) is 10.5. The van der Waals surface area contributed by atoms with Crippen molar-refractivity contribution in [3.8, 4) is 11.5 Å². The molecule has 0 saturated heterocycles. The number of benzene rings is 1. The maximum atomic E-state index is 11.8. The first-order chi connectivity index (χ1) is 7.90. The first kappa shape index (κ1) is 13.6. The first-order valence-electron chi connectivity index (χ1n) is 5.37. The Hall–Kier alpha value is -1.42. The summed E-state index contributed by atoms with van der Waals surface area (Å²) in [6.45, 7) is 3.72. The molecule has 17 heavy (non-hydrogen) atoms. The van der Waals surface area contributed by atoms with E-state index in [1.165, 1.54) is 18.2 Å². The number of aromatic hydroxyl groups is 2. The molecule has 0 saturated carbocycles. The van der Waals surface area contributed by atoms with E-state index in [4.69, 9.17) is 16.7 Å². The molecule has 1 aromatic rings. The number of halogens is 1. The molecule has 0 radical (unpaired) electrons. The highest BCUT2D eigenvalue weighted by atomic mass is 35.5. The lowest BCUT2D eigenvalue weighted by Gasteiger charge is -2.15. The number of rotatable bonds is 4. The maximum Gasteiger partial charge on any atom is 0.251 e. The number of carbonyl (C=O) groups excluding carboxylic acids is 1. The van der Waals surface area contributed by atoms with Crippen LogP contribution in [0.25, 0.3) is 0 Å². The normalized spacial score (nSPS) is 14.1. The average molecular weight is 258 g/mol. The van der Waals surface area contributed by atoms with Crippen molar-refractivity contribution in [2.45, 2.75) is 31.7 Å². The van der Waals surface area contributed by atoms with Crippen LogP contribution in [0.1, 0.15) is 30.6 Å². The minimum atomic E-state index is -0.309. The van der Waals surface area contributed by atoms with E-state index in [9.17, 15) is 9.90 Å². The van der Waals surface area contributed by atoms with Crippen LogP contribution < -0.4 is 5.32 Å². The Kier molecular flexibility index (Phi) is 4.63. The summed E-state index contributed by atoms with van der Waals surface area (Å²) in [6, 6.07) is 3.90. The molecule has 0 heterocycles. The number of hydrogen-bond acceptors (Lipinski definition) is 3. The smallest absolute Gasteiger partial charge is 0.251 e. The van der Waals surface area contributed by atoms with Gasteiger partial charge in [0.25, 0.3) is 5.91 Å². The van der Waals surface area contributed by atoms with Gasteiger partial charge in [0, 0.05) is 17.0 Å². The molecule has 3 N–H and O–H groups in total. The number of amides is 1. The lowest BCUT2D eigenvalue weighted by atomic mass is 10.1. The Morgan fingerprint density at radius 1 is 1.35 bits per heavy atom. The molecule has 0 aliphatic rings. The van der Waals surface area contributed by atoms with Crippen LogP contribution in [0.15, 0.2) is 18.2 Å². The molecule has 2 unspecified atom stereocenters. The van der Waals surface area contributed by atoms with E-state index in [1.807, 2.05) is 13.8 Å². The van der Waals surface area contributed by atoms with Crippen LogP contribution >= 0.6 is 11.6 Å². The molecule has 1 rings (SSSR count). The second kappa shape index (κ2) is 5.77. The second-order valence-corrected chi connectivity index (χ2v) is 4.84. The standard InChI is InChI=1S/C12H16ClNO3/c1-7(13)5-8(2)14-12(17)9-3-4-10(15)11(16)6-9/h3-4,6-8,15-16H,5H2,1-2H3,(H,14,17). The summed E-state index contributed by atoms with van der Waals surface area (Å²) < 4.78 is 0. The van der Waals surface area contributed by atoms with E-state index in [1.54, 1.807) is 0 Å². The van der Waals surface area contributed by atoms with Crippen molar-refractivity contribution in [2.24, 2.45) is 0 Å². The number of alkyl halides is 1.